The number of pyridine rings is 1. The molecule has 2 aromatic carbocycles. The molecule has 1 amide bonds. The van der Waals surface area contributed by atoms with Gasteiger partial charge in [-0.05, 0) is 41.5 Å². The molecule has 0 saturated carbocycles. The molecule has 0 aliphatic rings. The third-order valence-corrected chi connectivity index (χ3v) is 5.07. The Morgan fingerprint density at radius 1 is 0.844 bits per heavy atom. The fourth-order valence-corrected chi connectivity index (χ4v) is 3.45. The van der Waals surface area contributed by atoms with E-state index in [-0.39, 0.29) is 17.5 Å². The molecule has 4 aromatic rings. The van der Waals surface area contributed by atoms with Crippen LogP contribution in [0.25, 0.3) is 0 Å². The number of nitrogens with zero attached hydrogens (tertiary/aromatic N) is 2. The first-order valence-electron chi connectivity index (χ1n) is 10.4. The zero-order chi connectivity index (χ0) is 22.2. The molecule has 0 bridgehead atoms. The van der Waals surface area contributed by atoms with Gasteiger partial charge in [0.2, 0.25) is 0 Å². The smallest absolute Gasteiger partial charge is 0.287 e. The van der Waals surface area contributed by atoms with Gasteiger partial charge < -0.3 is 9.73 Å². The van der Waals surface area contributed by atoms with Crippen LogP contribution >= 0.6 is 0 Å². The zero-order valence-corrected chi connectivity index (χ0v) is 17.6. The first-order chi connectivity index (χ1) is 15.7. The van der Waals surface area contributed by atoms with Gasteiger partial charge in [-0.1, -0.05) is 48.5 Å². The molecule has 0 saturated heterocycles. The molecular formula is C26H24FN3O2. The summed E-state index contributed by atoms with van der Waals surface area (Å²) in [5.41, 5.74) is 2.69. The highest BCUT2D eigenvalue weighted by Crippen LogP contribution is 2.18. The number of carbonyl (C=O) groups excluding carboxylic acids is 1. The molecule has 4 rings (SSSR count). The summed E-state index contributed by atoms with van der Waals surface area (Å²) in [6, 6.07) is 23.9. The van der Waals surface area contributed by atoms with Gasteiger partial charge in [0.05, 0.1) is 6.54 Å². The normalized spacial score (nSPS) is 10.9. The average molecular weight is 429 g/mol. The summed E-state index contributed by atoms with van der Waals surface area (Å²) in [6.07, 6.45) is 3.37. The van der Waals surface area contributed by atoms with E-state index in [2.05, 4.69) is 15.2 Å². The van der Waals surface area contributed by atoms with Crippen molar-refractivity contribution in [1.29, 1.82) is 0 Å². The number of hydrogen-bond donors (Lipinski definition) is 1. The van der Waals surface area contributed by atoms with E-state index >= 15 is 0 Å². The number of aromatic nitrogens is 1. The largest absolute Gasteiger partial charge is 0.455 e. The molecule has 32 heavy (non-hydrogen) atoms. The first kappa shape index (κ1) is 21.5. The topological polar surface area (TPSA) is 58.4 Å². The fraction of sp³-hybridized carbons (Fsp3) is 0.154. The lowest BCUT2D eigenvalue weighted by atomic mass is 10.1. The number of benzene rings is 2. The van der Waals surface area contributed by atoms with Crippen LogP contribution in [-0.4, -0.2) is 15.8 Å². The van der Waals surface area contributed by atoms with Gasteiger partial charge in [0.25, 0.3) is 5.91 Å². The lowest BCUT2D eigenvalue weighted by Crippen LogP contribution is -2.23. The maximum absolute atomic E-state index is 14.3. The maximum Gasteiger partial charge on any atom is 0.287 e. The Bertz CT molecular complexity index is 1150. The predicted octanol–water partition coefficient (Wildman–Crippen LogP) is 4.95. The lowest BCUT2D eigenvalue weighted by Gasteiger charge is -2.22. The molecule has 6 heteroatoms. The number of nitrogens with one attached hydrogen (secondary N) is 1. The van der Waals surface area contributed by atoms with Crippen molar-refractivity contribution in [3.63, 3.8) is 0 Å². The number of rotatable bonds is 9. The van der Waals surface area contributed by atoms with Gasteiger partial charge in [-0.2, -0.15) is 0 Å². The molecule has 0 spiro atoms. The minimum Gasteiger partial charge on any atom is -0.455 e. The van der Waals surface area contributed by atoms with Crippen molar-refractivity contribution in [2.75, 3.05) is 0 Å². The molecule has 0 fully saturated rings. The third-order valence-electron chi connectivity index (χ3n) is 5.07. The minimum atomic E-state index is -0.281. The molecule has 2 aromatic heterocycles. The van der Waals surface area contributed by atoms with Crippen LogP contribution in [0.5, 0.6) is 0 Å². The monoisotopic (exact) mass is 429 g/mol. The molecule has 0 atom stereocenters. The Labute approximate surface area is 186 Å². The van der Waals surface area contributed by atoms with Crippen LogP contribution < -0.4 is 5.32 Å². The Kier molecular flexibility index (Phi) is 7.05. The van der Waals surface area contributed by atoms with Gasteiger partial charge in [-0.15, -0.1) is 0 Å². The van der Waals surface area contributed by atoms with Crippen molar-refractivity contribution in [1.82, 2.24) is 15.2 Å². The number of furan rings is 1. The van der Waals surface area contributed by atoms with E-state index in [4.69, 9.17) is 4.42 Å². The van der Waals surface area contributed by atoms with Crippen LogP contribution in [0.15, 0.2) is 95.7 Å². The first-order valence-corrected chi connectivity index (χ1v) is 10.4. The van der Waals surface area contributed by atoms with Crippen molar-refractivity contribution in [3.05, 3.63) is 125 Å². The maximum atomic E-state index is 14.3. The fourth-order valence-electron chi connectivity index (χ4n) is 3.45. The van der Waals surface area contributed by atoms with Crippen LogP contribution in [-0.2, 0) is 26.2 Å². The van der Waals surface area contributed by atoms with E-state index < -0.39 is 0 Å². The van der Waals surface area contributed by atoms with Crippen LogP contribution in [0.3, 0.4) is 0 Å². The Hall–Kier alpha value is -3.77. The summed E-state index contributed by atoms with van der Waals surface area (Å²) in [4.78, 5) is 18.5. The number of halogens is 1. The van der Waals surface area contributed by atoms with Gasteiger partial charge in [0.1, 0.15) is 11.6 Å². The number of carbonyl (C=O) groups is 1. The van der Waals surface area contributed by atoms with Crippen LogP contribution in [0.1, 0.15) is 33.0 Å². The van der Waals surface area contributed by atoms with Crippen molar-refractivity contribution >= 4 is 5.91 Å². The summed E-state index contributed by atoms with van der Waals surface area (Å²) in [5.74, 6) is 0.379. The van der Waals surface area contributed by atoms with E-state index in [0.29, 0.717) is 37.5 Å². The standard InChI is InChI=1S/C26H24FN3O2/c27-24-9-5-4-8-22(24)18-30(17-21-6-2-1-3-7-21)19-23-10-11-25(32-23)26(31)29-16-20-12-14-28-15-13-20/h1-15H,16-19H2,(H,29,31). The van der Waals surface area contributed by atoms with E-state index in [0.717, 1.165) is 11.1 Å². The molecule has 5 nitrogen and oxygen atoms in total. The van der Waals surface area contributed by atoms with E-state index in [1.165, 1.54) is 6.07 Å². The molecule has 162 valence electrons. The second-order valence-corrected chi connectivity index (χ2v) is 7.53. The zero-order valence-electron chi connectivity index (χ0n) is 17.6. The minimum absolute atomic E-state index is 0.235. The van der Waals surface area contributed by atoms with Crippen molar-refractivity contribution in [3.8, 4) is 0 Å². The highest BCUT2D eigenvalue weighted by Gasteiger charge is 2.15. The van der Waals surface area contributed by atoms with Gasteiger partial charge in [-0.25, -0.2) is 4.39 Å². The molecule has 0 radical (unpaired) electrons. The average Bonchev–Trinajstić information content (AvgIpc) is 3.29. The molecular weight excluding hydrogens is 405 g/mol. The van der Waals surface area contributed by atoms with E-state index in [1.54, 1.807) is 36.7 Å². The summed E-state index contributed by atoms with van der Waals surface area (Å²) in [6.45, 7) is 1.89. The Balaban J connectivity index is 1.44. The third kappa shape index (κ3) is 5.89. The van der Waals surface area contributed by atoms with Crippen molar-refractivity contribution in [2.45, 2.75) is 26.2 Å². The lowest BCUT2D eigenvalue weighted by molar-refractivity contribution is 0.0918. The van der Waals surface area contributed by atoms with Crippen molar-refractivity contribution < 1.29 is 13.6 Å². The van der Waals surface area contributed by atoms with Gasteiger partial charge in [0, 0.05) is 37.6 Å². The van der Waals surface area contributed by atoms with Crippen molar-refractivity contribution in [2.24, 2.45) is 0 Å². The Morgan fingerprint density at radius 2 is 1.59 bits per heavy atom. The van der Waals surface area contributed by atoms with Crippen LogP contribution in [0, 0.1) is 5.82 Å². The number of hydrogen-bond acceptors (Lipinski definition) is 4. The summed E-state index contributed by atoms with van der Waals surface area (Å²) in [7, 11) is 0. The predicted molar refractivity (Wildman–Crippen MR) is 120 cm³/mol. The second-order valence-electron chi connectivity index (χ2n) is 7.53. The summed E-state index contributed by atoms with van der Waals surface area (Å²) < 4.78 is 20.1. The molecule has 0 aliphatic heterocycles. The van der Waals surface area contributed by atoms with Gasteiger partial charge in [0.15, 0.2) is 5.76 Å². The number of amides is 1. The molecule has 0 aliphatic carbocycles. The molecule has 2 heterocycles. The quantitative estimate of drug-likeness (QED) is 0.409. The van der Waals surface area contributed by atoms with E-state index in [1.807, 2.05) is 48.5 Å². The van der Waals surface area contributed by atoms with Crippen LogP contribution in [0.4, 0.5) is 4.39 Å². The highest BCUT2D eigenvalue weighted by atomic mass is 19.1. The van der Waals surface area contributed by atoms with Gasteiger partial charge in [-0.3, -0.25) is 14.7 Å². The summed E-state index contributed by atoms with van der Waals surface area (Å²) >= 11 is 0. The van der Waals surface area contributed by atoms with Gasteiger partial charge >= 0.3 is 0 Å². The second kappa shape index (κ2) is 10.5. The Morgan fingerprint density at radius 3 is 2.38 bits per heavy atom. The molecule has 1 N–H and O–H groups in total. The SMILES string of the molecule is O=C(NCc1ccncc1)c1ccc(CN(Cc2ccccc2)Cc2ccccc2F)o1. The van der Waals surface area contributed by atoms with Crippen LogP contribution in [0.2, 0.25) is 0 Å². The highest BCUT2D eigenvalue weighted by molar-refractivity contribution is 5.91. The summed E-state index contributed by atoms with van der Waals surface area (Å²) in [5, 5.41) is 2.85. The van der Waals surface area contributed by atoms with E-state index in [9.17, 15) is 9.18 Å². The molecule has 0 unspecified atom stereocenters.